The number of aromatic hydroxyl groups is 1. The Kier molecular flexibility index (Phi) is 6.92. The number of hydrogen-bond donors (Lipinski definition) is 1. The molecule has 1 N–H and O–H groups in total. The summed E-state index contributed by atoms with van der Waals surface area (Å²) in [4.78, 5) is 58.9. The molecule has 4 aromatic rings. The van der Waals surface area contributed by atoms with Gasteiger partial charge in [-0.05, 0) is 29.7 Å². The molecule has 0 bridgehead atoms. The fourth-order valence-electron chi connectivity index (χ4n) is 5.92. The molecule has 0 radical (unpaired) electrons. The van der Waals surface area contributed by atoms with Crippen LogP contribution in [0.25, 0.3) is 28.1 Å². The number of hydrogen-bond acceptors (Lipinski definition) is 8. The number of pyridine rings is 2. The van der Waals surface area contributed by atoms with Crippen LogP contribution in [0.2, 0.25) is 5.02 Å². The van der Waals surface area contributed by atoms with Crippen LogP contribution in [0, 0.1) is 5.82 Å². The number of likely N-dealkylation sites (N-methyl/N-ethyl adjacent to an activating group) is 1. The molecule has 226 valence electrons. The number of fused-ring (bicyclic) bond motifs is 5. The molecular formula is C31H29ClFN7O4. The first kappa shape index (κ1) is 29.2. The van der Waals surface area contributed by atoms with Gasteiger partial charge in [0.25, 0.3) is 11.5 Å². The van der Waals surface area contributed by atoms with Gasteiger partial charge in [0.2, 0.25) is 5.91 Å². The Hall–Kier alpha value is -4.84. The molecule has 2 aliphatic heterocycles. The van der Waals surface area contributed by atoms with Gasteiger partial charge < -0.3 is 19.8 Å². The van der Waals surface area contributed by atoms with Crippen LogP contribution in [0.1, 0.15) is 26.3 Å². The number of amides is 2. The summed E-state index contributed by atoms with van der Waals surface area (Å²) in [7, 11) is 1.51. The van der Waals surface area contributed by atoms with Gasteiger partial charge >= 0.3 is 0 Å². The smallest absolute Gasteiger partial charge is 0.284 e. The van der Waals surface area contributed by atoms with Crippen molar-refractivity contribution in [1.82, 2.24) is 24.4 Å². The average molecular weight is 618 g/mol. The number of carbonyl (C=O) groups excluding carboxylic acids is 2. The van der Waals surface area contributed by atoms with Gasteiger partial charge in [0.05, 0.1) is 28.5 Å². The van der Waals surface area contributed by atoms with Crippen LogP contribution in [-0.2, 0) is 15.0 Å². The van der Waals surface area contributed by atoms with E-state index in [1.165, 1.54) is 52.0 Å². The molecule has 6 rings (SSSR count). The number of nitrogens with zero attached hydrogens (tertiary/aromatic N) is 7. The van der Waals surface area contributed by atoms with Crippen LogP contribution in [0.3, 0.4) is 0 Å². The molecule has 3 aromatic heterocycles. The Labute approximate surface area is 256 Å². The number of halogens is 2. The van der Waals surface area contributed by atoms with E-state index < -0.39 is 22.8 Å². The zero-order valence-corrected chi connectivity index (χ0v) is 25.3. The van der Waals surface area contributed by atoms with Crippen molar-refractivity contribution in [2.75, 3.05) is 36.5 Å². The van der Waals surface area contributed by atoms with Gasteiger partial charge in [-0.15, -0.1) is 0 Å². The lowest BCUT2D eigenvalue weighted by atomic mass is 9.88. The quantitative estimate of drug-likeness (QED) is 0.344. The maximum absolute atomic E-state index is 15.1. The fourth-order valence-corrected chi connectivity index (χ4v) is 6.17. The van der Waals surface area contributed by atoms with Crippen LogP contribution in [0.5, 0.6) is 5.75 Å². The summed E-state index contributed by atoms with van der Waals surface area (Å²) in [5.41, 5.74) is -0.207. The van der Waals surface area contributed by atoms with Gasteiger partial charge in [-0.1, -0.05) is 45.0 Å². The molecule has 0 saturated carbocycles. The first-order valence-electron chi connectivity index (χ1n) is 13.9. The third kappa shape index (κ3) is 4.39. The number of carbonyl (C=O) groups is 2. The second-order valence-electron chi connectivity index (χ2n) is 11.8. The largest absolute Gasteiger partial charge is 0.507 e. The van der Waals surface area contributed by atoms with Gasteiger partial charge in [-0.25, -0.2) is 23.9 Å². The minimum atomic E-state index is -0.790. The normalized spacial score (nSPS) is 16.6. The second-order valence-corrected chi connectivity index (χ2v) is 12.2. The Morgan fingerprint density at radius 2 is 1.95 bits per heavy atom. The number of piperazine rings is 1. The molecule has 5 heterocycles. The molecule has 2 amide bonds. The second kappa shape index (κ2) is 10.4. The summed E-state index contributed by atoms with van der Waals surface area (Å²) in [5.74, 6) is -1.57. The zero-order chi connectivity index (χ0) is 31.7. The van der Waals surface area contributed by atoms with Gasteiger partial charge in [-0.2, -0.15) is 0 Å². The summed E-state index contributed by atoms with van der Waals surface area (Å²) < 4.78 is 16.4. The molecule has 11 nitrogen and oxygen atoms in total. The van der Waals surface area contributed by atoms with E-state index >= 15 is 4.39 Å². The molecule has 1 saturated heterocycles. The van der Waals surface area contributed by atoms with E-state index in [1.807, 2.05) is 20.8 Å². The lowest BCUT2D eigenvalue weighted by Crippen LogP contribution is -2.63. The van der Waals surface area contributed by atoms with E-state index in [4.69, 9.17) is 16.6 Å². The van der Waals surface area contributed by atoms with E-state index in [-0.39, 0.29) is 70.6 Å². The van der Waals surface area contributed by atoms with Gasteiger partial charge in [-0.3, -0.25) is 14.4 Å². The lowest BCUT2D eigenvalue weighted by molar-refractivity contribution is -0.128. The van der Waals surface area contributed by atoms with Gasteiger partial charge in [0, 0.05) is 37.3 Å². The van der Waals surface area contributed by atoms with E-state index in [9.17, 15) is 19.5 Å². The highest BCUT2D eigenvalue weighted by Crippen LogP contribution is 2.44. The van der Waals surface area contributed by atoms with Crippen LogP contribution < -0.4 is 15.4 Å². The van der Waals surface area contributed by atoms with Crippen LogP contribution in [0.4, 0.5) is 15.8 Å². The molecule has 1 atom stereocenters. The zero-order valence-electron chi connectivity index (χ0n) is 24.5. The number of benzene rings is 1. The highest BCUT2D eigenvalue weighted by molar-refractivity contribution is 6.34. The predicted molar refractivity (Wildman–Crippen MR) is 165 cm³/mol. The molecule has 1 fully saturated rings. The maximum Gasteiger partial charge on any atom is 0.284 e. The minimum Gasteiger partial charge on any atom is -0.507 e. The molecule has 0 aliphatic carbocycles. The molecule has 0 spiro atoms. The van der Waals surface area contributed by atoms with Crippen molar-refractivity contribution in [3.05, 3.63) is 76.2 Å². The van der Waals surface area contributed by atoms with E-state index in [2.05, 4.69) is 16.5 Å². The minimum absolute atomic E-state index is 0.0144. The van der Waals surface area contributed by atoms with E-state index in [0.29, 0.717) is 16.6 Å². The van der Waals surface area contributed by atoms with Gasteiger partial charge in [0.15, 0.2) is 5.65 Å². The first-order valence-corrected chi connectivity index (χ1v) is 14.3. The van der Waals surface area contributed by atoms with Crippen molar-refractivity contribution >= 4 is 45.8 Å². The molecule has 44 heavy (non-hydrogen) atoms. The third-order valence-electron chi connectivity index (χ3n) is 8.10. The first-order chi connectivity index (χ1) is 20.8. The Morgan fingerprint density at radius 1 is 1.20 bits per heavy atom. The maximum atomic E-state index is 15.1. The number of anilines is 2. The summed E-state index contributed by atoms with van der Waals surface area (Å²) in [6.45, 7) is 9.99. The third-order valence-corrected chi connectivity index (χ3v) is 8.39. The Balaban J connectivity index is 1.74. The standard InChI is InChI=1S/C31H29ClFN7O4/c1-6-22(42)38-10-11-39-20(14-38)29(43)37(5)26-25(39)16-12-18(32)24(23-19(33)8-7-9-21(23)41)36-27(16)40(30(26)44)28-17(31(2,3)4)13-34-15-35-28/h6-9,12-13,15,20,41H,1,10-11,14H2,2-5H3/t20-/m1/s1. The number of rotatable bonds is 3. The number of aromatic nitrogens is 4. The molecule has 0 unspecified atom stereocenters. The summed E-state index contributed by atoms with van der Waals surface area (Å²) in [6, 6.07) is 4.61. The molecule has 2 aliphatic rings. The average Bonchev–Trinajstić information content (AvgIpc) is 2.99. The van der Waals surface area contributed by atoms with Crippen molar-refractivity contribution in [2.45, 2.75) is 32.2 Å². The molecular weight excluding hydrogens is 589 g/mol. The predicted octanol–water partition coefficient (Wildman–Crippen LogP) is 3.82. The topological polar surface area (TPSA) is 125 Å². The highest BCUT2D eigenvalue weighted by Gasteiger charge is 2.44. The SMILES string of the molecule is C=CC(=O)N1CCN2c3c(c(=O)n(-c4ncncc4C(C)(C)C)c4nc(-c5c(O)cccc5F)c(Cl)cc34)N(C)C(=O)[C@H]2C1. The van der Waals surface area contributed by atoms with E-state index in [1.54, 1.807) is 17.2 Å². The summed E-state index contributed by atoms with van der Waals surface area (Å²) >= 11 is 6.77. The highest BCUT2D eigenvalue weighted by atomic mass is 35.5. The lowest BCUT2D eigenvalue weighted by Gasteiger charge is -2.47. The van der Waals surface area contributed by atoms with Crippen LogP contribution in [0.15, 0.2) is 54.2 Å². The van der Waals surface area contributed by atoms with E-state index in [0.717, 1.165) is 0 Å². The molecule has 13 heteroatoms. The van der Waals surface area contributed by atoms with Crippen LogP contribution in [-0.4, -0.2) is 74.1 Å². The van der Waals surface area contributed by atoms with Crippen molar-refractivity contribution in [3.8, 4) is 22.8 Å². The van der Waals surface area contributed by atoms with Crippen molar-refractivity contribution in [1.29, 1.82) is 0 Å². The Morgan fingerprint density at radius 3 is 2.64 bits per heavy atom. The summed E-state index contributed by atoms with van der Waals surface area (Å²) in [6.07, 6.45) is 4.12. The van der Waals surface area contributed by atoms with Crippen molar-refractivity contribution in [2.24, 2.45) is 0 Å². The van der Waals surface area contributed by atoms with Crippen molar-refractivity contribution in [3.63, 3.8) is 0 Å². The monoisotopic (exact) mass is 617 g/mol. The number of phenolic OH excluding ortho intramolecular Hbond substituents is 1. The van der Waals surface area contributed by atoms with Crippen LogP contribution >= 0.6 is 11.6 Å². The fraction of sp³-hybridized carbons (Fsp3) is 0.290. The Bertz CT molecular complexity index is 1930. The van der Waals surface area contributed by atoms with Gasteiger partial charge in [0.1, 0.15) is 35.4 Å². The number of phenols is 1. The summed E-state index contributed by atoms with van der Waals surface area (Å²) in [5, 5.41) is 11.0. The van der Waals surface area contributed by atoms with Crippen molar-refractivity contribution < 1.29 is 19.1 Å². The molecule has 1 aromatic carbocycles.